The summed E-state index contributed by atoms with van der Waals surface area (Å²) in [7, 11) is 0. The Morgan fingerprint density at radius 1 is 0.385 bits per heavy atom. The van der Waals surface area contributed by atoms with Crippen LogP contribution in [0.5, 0.6) is 0 Å². The van der Waals surface area contributed by atoms with Crippen LogP contribution in [0.4, 0.5) is 157 Å². The van der Waals surface area contributed by atoms with E-state index in [9.17, 15) is 101 Å². The molecule has 0 bridgehead atoms. The Bertz CT molecular complexity index is 7850. The highest BCUT2D eigenvalue weighted by Crippen LogP contribution is 2.52. The molecule has 10 aromatic carbocycles. The molecule has 0 amide bonds. The van der Waals surface area contributed by atoms with Gasteiger partial charge in [-0.15, -0.1) is 26.8 Å². The molecule has 19 rings (SSSR count). The number of hydrogen-bond acceptors (Lipinski definition) is 18. The van der Waals surface area contributed by atoms with Crippen molar-refractivity contribution in [1.82, 2.24) is 69.1 Å². The minimum atomic E-state index is -2.92. The van der Waals surface area contributed by atoms with Crippen molar-refractivity contribution in [3.05, 3.63) is 297 Å². The van der Waals surface area contributed by atoms with Gasteiger partial charge in [0.05, 0.1) is 130 Å². The highest BCUT2D eigenvalue weighted by molar-refractivity contribution is 9.11. The maximum absolute atomic E-state index is 15.5. The van der Waals surface area contributed by atoms with Crippen molar-refractivity contribution >= 4 is 216 Å². The van der Waals surface area contributed by atoms with Gasteiger partial charge in [-0.1, -0.05) is 59.7 Å². The molecule has 2 aliphatic rings. The smallest absolute Gasteiger partial charge is 0.257 e. The van der Waals surface area contributed by atoms with Crippen LogP contribution in [0.3, 0.4) is 0 Å². The third-order valence-corrected chi connectivity index (χ3v) is 24.8. The van der Waals surface area contributed by atoms with Crippen LogP contribution in [0, 0.1) is 107 Å². The van der Waals surface area contributed by atoms with E-state index in [-0.39, 0.29) is 161 Å². The van der Waals surface area contributed by atoms with Crippen LogP contribution in [-0.2, 0) is 6.54 Å². The van der Waals surface area contributed by atoms with Crippen molar-refractivity contribution in [1.29, 1.82) is 0 Å². The van der Waals surface area contributed by atoms with E-state index in [0.29, 0.717) is 51.9 Å². The number of rotatable bonds is 22. The Balaban J connectivity index is 0.000000150. The summed E-state index contributed by atoms with van der Waals surface area (Å²) in [5.41, 5.74) is 4.26. The summed E-state index contributed by atoms with van der Waals surface area (Å²) in [6.07, 6.45) is -12.5. The van der Waals surface area contributed by atoms with Gasteiger partial charge in [0.15, 0.2) is 29.1 Å². The number of nitrogens with zero attached hydrogens (tertiary/aromatic N) is 18. The van der Waals surface area contributed by atoms with Crippen LogP contribution in [0.25, 0.3) is 66.1 Å². The van der Waals surface area contributed by atoms with Gasteiger partial charge in [-0.3, -0.25) is 8.80 Å². The monoisotopic (exact) mass is 2390 g/mol. The van der Waals surface area contributed by atoms with Crippen LogP contribution < -0.4 is 30.7 Å². The minimum absolute atomic E-state index is 0.0350. The second-order valence-electron chi connectivity index (χ2n) is 31.8. The van der Waals surface area contributed by atoms with E-state index in [2.05, 4.69) is 147 Å². The number of alkyl halides is 14. The van der Waals surface area contributed by atoms with E-state index < -0.39 is 141 Å². The number of halogens is 31. The van der Waals surface area contributed by atoms with Crippen LogP contribution in [0.1, 0.15) is 48.7 Å². The first-order valence-electron chi connectivity index (χ1n) is 42.9. The summed E-state index contributed by atoms with van der Waals surface area (Å²) in [5, 5.41) is 19.2. The second kappa shape index (κ2) is 49.0. The highest BCUT2D eigenvalue weighted by Gasteiger charge is 2.51. The van der Waals surface area contributed by atoms with Gasteiger partial charge in [0, 0.05) is 26.9 Å². The first-order chi connectivity index (χ1) is 70.3. The topological polar surface area (TPSA) is 215 Å². The maximum Gasteiger partial charge on any atom is 0.257 e. The number of benzene rings is 10. The maximum atomic E-state index is 15.5. The second-order valence-corrected chi connectivity index (χ2v) is 36.2. The van der Waals surface area contributed by atoms with Gasteiger partial charge < -0.3 is 30.7 Å². The Hall–Kier alpha value is -13.0. The summed E-state index contributed by atoms with van der Waals surface area (Å²) in [6, 6.07) is 40.3. The number of hydrogen-bond donors (Lipinski definition) is 2. The molecule has 0 aliphatic heterocycles. The number of aryl methyl sites for hydroxylation is 2. The van der Waals surface area contributed by atoms with Gasteiger partial charge in [-0.25, -0.2) is 130 Å². The molecule has 0 radical (unpaired) electrons. The van der Waals surface area contributed by atoms with Crippen LogP contribution in [-0.4, -0.2) is 147 Å². The SMILES string of the molecule is C#CC1(C(F)F)CC1.Cc1nnc2nc(N(CC(F)F)c3cccc(Br)c3F)c3cc(F)ccc3n12.Cc1nnc2nc(N(CC(F)F)c3cccc(C#CC4(C(F)F)CC4)c3F)c3cc(F)ccc3n12.Fc1c(Br)cccc1NCC(F)F.Fc1ccc2nc(Cl)nc(Cl)c2c1.Fc1ccc2nc(Cl)nc(N(CC(F)F)c3cccc(Br)c3F)c2c1.NCc1nc(N(CC(F)F)c2cccc(Br)c2F)c2cc(F)ccc2n1. The van der Waals surface area contributed by atoms with Crippen molar-refractivity contribution in [3.63, 3.8) is 0 Å². The van der Waals surface area contributed by atoms with Crippen molar-refractivity contribution < 1.29 is 105 Å². The van der Waals surface area contributed by atoms with Crippen molar-refractivity contribution in [2.24, 2.45) is 16.6 Å². The van der Waals surface area contributed by atoms with Crippen molar-refractivity contribution in [2.45, 2.75) is 91.1 Å². The molecule has 2 fully saturated rings. The van der Waals surface area contributed by atoms with Gasteiger partial charge >= 0.3 is 0 Å². The first-order valence-corrected chi connectivity index (χ1v) is 47.2. The lowest BCUT2D eigenvalue weighted by atomic mass is 10.1. The average molecular weight is 2390 g/mol. The number of anilines is 9. The number of nitrogens with one attached hydrogen (secondary N) is 1. The molecule has 20 nitrogen and oxygen atoms in total. The highest BCUT2D eigenvalue weighted by atomic mass is 79.9. The van der Waals surface area contributed by atoms with Gasteiger partial charge in [0.25, 0.3) is 56.5 Å². The largest absolute Gasteiger partial charge is 0.377 e. The number of terminal acetylenes is 1. The van der Waals surface area contributed by atoms with E-state index in [4.69, 9.17) is 47.0 Å². The summed E-state index contributed by atoms with van der Waals surface area (Å²) >= 11 is 29.2. The van der Waals surface area contributed by atoms with Crippen LogP contribution in [0.2, 0.25) is 15.7 Å². The fourth-order valence-corrected chi connectivity index (χ4v) is 16.5. The van der Waals surface area contributed by atoms with Crippen LogP contribution >= 0.6 is 98.5 Å². The fourth-order valence-electron chi connectivity index (χ4n) is 14.4. The van der Waals surface area contributed by atoms with E-state index in [0.717, 1.165) is 43.9 Å². The molecule has 0 unspecified atom stereocenters. The zero-order valence-electron chi connectivity index (χ0n) is 75.4. The van der Waals surface area contributed by atoms with Crippen molar-refractivity contribution in [3.8, 4) is 24.2 Å². The minimum Gasteiger partial charge on any atom is -0.377 e. The van der Waals surface area contributed by atoms with Crippen LogP contribution in [0.15, 0.2) is 200 Å². The Morgan fingerprint density at radius 2 is 0.730 bits per heavy atom. The number of aromatic nitrogens is 14. The zero-order valence-corrected chi connectivity index (χ0v) is 84.0. The molecule has 3 N–H and O–H groups in total. The number of nitrogens with two attached hydrogens (primary N) is 1. The molecule has 7 heterocycles. The lowest BCUT2D eigenvalue weighted by Crippen LogP contribution is -2.26. The molecule has 0 atom stereocenters. The zero-order chi connectivity index (χ0) is 107. The normalized spacial score (nSPS) is 12.6. The molecule has 148 heavy (non-hydrogen) atoms. The summed E-state index contributed by atoms with van der Waals surface area (Å²) in [4.78, 5) is 36.3. The molecular formula is C97H67Br4Cl3F24N20. The molecule has 7 aromatic heterocycles. The number of fused-ring (bicyclic) bond motifs is 9. The lowest BCUT2D eigenvalue weighted by molar-refractivity contribution is 0.0918. The molecule has 51 heteroatoms. The third kappa shape index (κ3) is 26.8. The molecular weight excluding hydrogens is 2330 g/mol. The Kier molecular flexibility index (Phi) is 37.1. The van der Waals surface area contributed by atoms with E-state index in [1.807, 2.05) is 0 Å². The predicted molar refractivity (Wildman–Crippen MR) is 528 cm³/mol. The molecule has 2 aliphatic carbocycles. The van der Waals surface area contributed by atoms with Crippen molar-refractivity contribution in [2.75, 3.05) is 57.6 Å². The fraction of sp³-hybridized carbons (Fsp3) is 0.216. The predicted octanol–water partition coefficient (Wildman–Crippen LogP) is 29.0. The van der Waals surface area contributed by atoms with Gasteiger partial charge in [-0.2, -0.15) is 15.0 Å². The molecule has 17 aromatic rings. The lowest BCUT2D eigenvalue weighted by Gasteiger charge is -2.26. The average Bonchev–Trinajstić information content (AvgIpc) is 1.49. The van der Waals surface area contributed by atoms with Gasteiger partial charge in [0.1, 0.15) is 75.0 Å². The summed E-state index contributed by atoms with van der Waals surface area (Å²) < 4.78 is 325. The standard InChI is InChI=1S/C24H17F6N5.C18H12BrF4N5.C17H13BrF4N4.C16H9BrClF4N3.C8H7BrF3N.C8H3Cl2FN2.C6H6F2/c1-13-32-33-23-31-21(16-11-15(25)5-6-17(16)35(13)23)34(12-19(26)27)18-4-2-3-14(20(18)28)7-8-24(9-10-24)22(29)30;1-9-25-26-18-24-17(11-7-10(20)5-6-13(11)28(9)18)27(8-15(21)22)14-4-2-3-12(19)16(14)23;18-11-2-1-3-13(16(11)22)26(8-14(20)21)17-10-6-9(19)4-5-12(10)24-15(7-23)25-17;17-10-2-1-3-12(14(10)22)25(7-13(20)21)15-9-6-8(19)4-5-11(9)23-16(18)24-15;9-5-2-1-3-6(8(5)12)13-4-7(10)11;9-7-5-3-4(11)1-2-6(5)12-8(10)13-7;1-2-6(3-4-6)5(7)8/h2-6,11,19,22H,9-10,12H2,1H3;2-7,15H,8H2,1H3;1-6,14H,7-8,23H2;1-6,13H,7H2;1-3,7,13H,4H2;1-3H;1,5H,3-4H2. The Labute approximate surface area is 871 Å². The Morgan fingerprint density at radius 3 is 1.11 bits per heavy atom. The molecule has 0 saturated heterocycles. The third-order valence-electron chi connectivity index (χ3n) is 21.8. The summed E-state index contributed by atoms with van der Waals surface area (Å²) in [6.45, 7) is -0.764. The quantitative estimate of drug-likeness (QED) is 0.0279. The first kappa shape index (κ1) is 112. The molecule has 772 valence electrons. The van der Waals surface area contributed by atoms with E-state index in [1.165, 1.54) is 156 Å². The van der Waals surface area contributed by atoms with E-state index >= 15 is 4.39 Å². The summed E-state index contributed by atoms with van der Waals surface area (Å²) in [5.74, 6) is 1.44. The molecule has 2 saturated carbocycles. The van der Waals surface area contributed by atoms with Gasteiger partial charge in [0.2, 0.25) is 10.6 Å². The van der Waals surface area contributed by atoms with E-state index in [1.54, 1.807) is 24.3 Å². The van der Waals surface area contributed by atoms with Gasteiger partial charge in [-0.05, 0) is 278 Å². The molecule has 0 spiro atoms.